The van der Waals surface area contributed by atoms with Crippen LogP contribution in [0, 0.1) is 0 Å². The maximum Gasteiger partial charge on any atom is 0.182 e. The van der Waals surface area contributed by atoms with E-state index in [1.54, 1.807) is 0 Å². The molecule has 0 heterocycles. The summed E-state index contributed by atoms with van der Waals surface area (Å²) in [6.07, 6.45) is 4.61. The average molecular weight is 304 g/mol. The quantitative estimate of drug-likeness (QED) is 0.507. The van der Waals surface area contributed by atoms with Crippen LogP contribution >= 0.6 is 0 Å². The Bertz CT molecular complexity index is 451. The number of ketones is 1. The summed E-state index contributed by atoms with van der Waals surface area (Å²) in [4.78, 5) is 14.9. The van der Waals surface area contributed by atoms with Gasteiger partial charge in [0.2, 0.25) is 0 Å². The lowest BCUT2D eigenvalue weighted by atomic mass is 9.91. The second-order valence-electron chi connectivity index (χ2n) is 6.52. The zero-order valence-corrected chi connectivity index (χ0v) is 14.9. The predicted molar refractivity (Wildman–Crippen MR) is 95.8 cm³/mol. The standard InChI is InChI=1S/C19H32N2O/c1-6-8-14-20-17-12-10-16(11-13-17)18(22)19(3,4)21(5)15-9-7-2/h10-13,20H,6-9,14-15H2,1-5H3. The first-order chi connectivity index (χ1) is 10.4. The van der Waals surface area contributed by atoms with E-state index in [0.717, 1.165) is 43.6 Å². The smallest absolute Gasteiger partial charge is 0.182 e. The lowest BCUT2D eigenvalue weighted by molar-refractivity contribution is 0.0704. The zero-order valence-electron chi connectivity index (χ0n) is 14.9. The van der Waals surface area contributed by atoms with Gasteiger partial charge in [-0.1, -0.05) is 26.7 Å². The molecule has 1 rings (SSSR count). The maximum atomic E-state index is 12.8. The zero-order chi connectivity index (χ0) is 16.6. The summed E-state index contributed by atoms with van der Waals surface area (Å²) >= 11 is 0. The van der Waals surface area contributed by atoms with Gasteiger partial charge in [-0.25, -0.2) is 0 Å². The molecule has 0 bridgehead atoms. The fourth-order valence-electron chi connectivity index (χ4n) is 2.35. The molecule has 0 aromatic heterocycles. The van der Waals surface area contributed by atoms with Crippen molar-refractivity contribution in [3.63, 3.8) is 0 Å². The number of carbonyl (C=O) groups excluding carboxylic acids is 1. The Labute approximate surface area is 136 Å². The molecule has 22 heavy (non-hydrogen) atoms. The first-order valence-electron chi connectivity index (χ1n) is 8.53. The van der Waals surface area contributed by atoms with Gasteiger partial charge in [0.1, 0.15) is 0 Å². The third-order valence-corrected chi connectivity index (χ3v) is 4.36. The fraction of sp³-hybridized carbons (Fsp3) is 0.632. The predicted octanol–water partition coefficient (Wildman–Crippen LogP) is 4.59. The highest BCUT2D eigenvalue weighted by Gasteiger charge is 2.32. The molecule has 3 nitrogen and oxygen atoms in total. The number of benzene rings is 1. The number of unbranched alkanes of at least 4 members (excludes halogenated alkanes) is 2. The number of anilines is 1. The third kappa shape index (κ3) is 5.13. The normalized spacial score (nSPS) is 11.7. The van der Waals surface area contributed by atoms with Gasteiger partial charge in [0.15, 0.2) is 5.78 Å². The minimum absolute atomic E-state index is 0.186. The monoisotopic (exact) mass is 304 g/mol. The van der Waals surface area contributed by atoms with Gasteiger partial charge < -0.3 is 5.32 Å². The minimum atomic E-state index is -0.466. The van der Waals surface area contributed by atoms with Gasteiger partial charge in [-0.3, -0.25) is 9.69 Å². The van der Waals surface area contributed by atoms with Crippen LogP contribution < -0.4 is 5.32 Å². The van der Waals surface area contributed by atoms with Gasteiger partial charge in [0, 0.05) is 17.8 Å². The molecule has 0 aliphatic rings. The molecule has 1 aromatic rings. The largest absolute Gasteiger partial charge is 0.385 e. The molecule has 0 unspecified atom stereocenters. The van der Waals surface area contributed by atoms with Crippen LogP contribution in [-0.4, -0.2) is 36.4 Å². The van der Waals surface area contributed by atoms with Crippen molar-refractivity contribution in [3.05, 3.63) is 29.8 Å². The van der Waals surface area contributed by atoms with Crippen LogP contribution in [-0.2, 0) is 0 Å². The van der Waals surface area contributed by atoms with E-state index in [1.807, 2.05) is 45.2 Å². The summed E-state index contributed by atoms with van der Waals surface area (Å²) in [7, 11) is 2.04. The summed E-state index contributed by atoms with van der Waals surface area (Å²) in [5.41, 5.74) is 1.41. The number of nitrogens with one attached hydrogen (secondary N) is 1. The maximum absolute atomic E-state index is 12.8. The lowest BCUT2D eigenvalue weighted by Crippen LogP contribution is -2.48. The van der Waals surface area contributed by atoms with Crippen LogP contribution in [0.15, 0.2) is 24.3 Å². The van der Waals surface area contributed by atoms with E-state index in [0.29, 0.717) is 0 Å². The van der Waals surface area contributed by atoms with Crippen LogP contribution in [0.25, 0.3) is 0 Å². The average Bonchev–Trinajstić information content (AvgIpc) is 2.52. The van der Waals surface area contributed by atoms with Gasteiger partial charge in [-0.15, -0.1) is 0 Å². The molecular weight excluding hydrogens is 272 g/mol. The van der Waals surface area contributed by atoms with Crippen LogP contribution in [0.1, 0.15) is 63.7 Å². The molecule has 0 aliphatic carbocycles. The molecule has 0 aliphatic heterocycles. The van der Waals surface area contributed by atoms with Crippen LogP contribution in [0.5, 0.6) is 0 Å². The van der Waals surface area contributed by atoms with Crippen molar-refractivity contribution in [2.24, 2.45) is 0 Å². The summed E-state index contributed by atoms with van der Waals surface area (Å²) in [5.74, 6) is 0.186. The van der Waals surface area contributed by atoms with E-state index >= 15 is 0 Å². The number of likely N-dealkylation sites (N-methyl/N-ethyl adjacent to an activating group) is 1. The Balaban J connectivity index is 2.71. The van der Waals surface area contributed by atoms with Crippen LogP contribution in [0.2, 0.25) is 0 Å². The molecule has 3 heteroatoms. The number of Topliss-reactive ketones (excluding diaryl/α,β-unsaturated/α-hetero) is 1. The van der Waals surface area contributed by atoms with Gasteiger partial charge in [0.25, 0.3) is 0 Å². The Morgan fingerprint density at radius 2 is 1.68 bits per heavy atom. The number of hydrogen-bond donors (Lipinski definition) is 1. The van der Waals surface area contributed by atoms with Crippen molar-refractivity contribution in [2.75, 3.05) is 25.5 Å². The lowest BCUT2D eigenvalue weighted by Gasteiger charge is -2.34. The Morgan fingerprint density at radius 3 is 2.23 bits per heavy atom. The van der Waals surface area contributed by atoms with Crippen molar-refractivity contribution in [1.29, 1.82) is 0 Å². The summed E-state index contributed by atoms with van der Waals surface area (Å²) in [5, 5.41) is 3.38. The number of rotatable bonds is 10. The minimum Gasteiger partial charge on any atom is -0.385 e. The summed E-state index contributed by atoms with van der Waals surface area (Å²) in [6, 6.07) is 7.88. The molecule has 0 atom stereocenters. The molecule has 124 valence electrons. The molecular formula is C19H32N2O. The van der Waals surface area contributed by atoms with E-state index in [9.17, 15) is 4.79 Å². The number of carbonyl (C=O) groups is 1. The van der Waals surface area contributed by atoms with Gasteiger partial charge in [-0.2, -0.15) is 0 Å². The summed E-state index contributed by atoms with van der Waals surface area (Å²) < 4.78 is 0. The SMILES string of the molecule is CCCCNc1ccc(C(=O)C(C)(C)N(C)CCCC)cc1. The van der Waals surface area contributed by atoms with E-state index in [4.69, 9.17) is 0 Å². The second-order valence-corrected chi connectivity index (χ2v) is 6.52. The van der Waals surface area contributed by atoms with Crippen molar-refractivity contribution < 1.29 is 4.79 Å². The topological polar surface area (TPSA) is 32.3 Å². The van der Waals surface area contributed by atoms with Gasteiger partial charge >= 0.3 is 0 Å². The Kier molecular flexibility index (Phi) is 7.60. The van der Waals surface area contributed by atoms with Gasteiger partial charge in [0.05, 0.1) is 5.54 Å². The fourth-order valence-corrected chi connectivity index (χ4v) is 2.35. The first-order valence-corrected chi connectivity index (χ1v) is 8.53. The van der Waals surface area contributed by atoms with E-state index in [-0.39, 0.29) is 5.78 Å². The van der Waals surface area contributed by atoms with E-state index < -0.39 is 5.54 Å². The third-order valence-electron chi connectivity index (χ3n) is 4.36. The number of hydrogen-bond acceptors (Lipinski definition) is 3. The molecule has 0 saturated heterocycles. The highest BCUT2D eigenvalue weighted by Crippen LogP contribution is 2.21. The molecule has 0 fully saturated rings. The van der Waals surface area contributed by atoms with Crippen LogP contribution in [0.3, 0.4) is 0 Å². The van der Waals surface area contributed by atoms with Gasteiger partial charge in [-0.05, 0) is 64.5 Å². The van der Waals surface area contributed by atoms with Crippen molar-refractivity contribution >= 4 is 11.5 Å². The molecule has 0 spiro atoms. The highest BCUT2D eigenvalue weighted by atomic mass is 16.1. The second kappa shape index (κ2) is 8.94. The molecule has 0 saturated carbocycles. The van der Waals surface area contributed by atoms with Crippen molar-refractivity contribution in [3.8, 4) is 0 Å². The molecule has 1 aromatic carbocycles. The highest BCUT2D eigenvalue weighted by molar-refractivity contribution is 6.02. The number of nitrogens with zero attached hydrogens (tertiary/aromatic N) is 1. The van der Waals surface area contributed by atoms with E-state index in [2.05, 4.69) is 24.1 Å². The Hall–Kier alpha value is -1.35. The van der Waals surface area contributed by atoms with Crippen molar-refractivity contribution in [1.82, 2.24) is 4.90 Å². The molecule has 1 N–H and O–H groups in total. The Morgan fingerprint density at radius 1 is 1.09 bits per heavy atom. The molecule has 0 radical (unpaired) electrons. The van der Waals surface area contributed by atoms with Crippen LogP contribution in [0.4, 0.5) is 5.69 Å². The van der Waals surface area contributed by atoms with Crippen molar-refractivity contribution in [2.45, 2.75) is 58.9 Å². The summed E-state index contributed by atoms with van der Waals surface area (Å²) in [6.45, 7) is 10.3. The molecule has 0 amide bonds. The van der Waals surface area contributed by atoms with E-state index in [1.165, 1.54) is 6.42 Å². The first kappa shape index (κ1) is 18.7.